The fourth-order valence-electron chi connectivity index (χ4n) is 2.27. The zero-order chi connectivity index (χ0) is 17.1. The maximum atomic E-state index is 11.4. The molecule has 7 heteroatoms. The average Bonchev–Trinajstić information content (AvgIpc) is 2.60. The highest BCUT2D eigenvalue weighted by atomic mass is 35.5. The number of esters is 1. The quantitative estimate of drug-likeness (QED) is 0.553. The summed E-state index contributed by atoms with van der Waals surface area (Å²) in [7, 11) is 1.35. The van der Waals surface area contributed by atoms with Crippen LogP contribution in [0.3, 0.4) is 0 Å². The van der Waals surface area contributed by atoms with Gasteiger partial charge in [-0.3, -0.25) is 0 Å². The van der Waals surface area contributed by atoms with E-state index in [0.29, 0.717) is 28.5 Å². The maximum Gasteiger partial charge on any atom is 0.337 e. The van der Waals surface area contributed by atoms with Crippen molar-refractivity contribution in [2.24, 2.45) is 0 Å². The summed E-state index contributed by atoms with van der Waals surface area (Å²) in [6, 6.07) is 12.4. The molecular formula is C17H13Cl2N3O2. The van der Waals surface area contributed by atoms with E-state index in [1.807, 2.05) is 12.1 Å². The molecule has 3 rings (SSSR count). The monoisotopic (exact) mass is 361 g/mol. The Bertz CT molecular complexity index is 898. The van der Waals surface area contributed by atoms with E-state index in [-0.39, 0.29) is 11.3 Å². The van der Waals surface area contributed by atoms with Crippen molar-refractivity contribution in [1.82, 2.24) is 9.97 Å². The van der Waals surface area contributed by atoms with Gasteiger partial charge in [0.2, 0.25) is 5.28 Å². The Morgan fingerprint density at radius 2 is 1.88 bits per heavy atom. The van der Waals surface area contributed by atoms with Crippen LogP contribution in [-0.4, -0.2) is 23.0 Å². The number of methoxy groups -OCH3 is 1. The normalized spacial score (nSPS) is 10.6. The van der Waals surface area contributed by atoms with Crippen LogP contribution in [0.5, 0.6) is 0 Å². The van der Waals surface area contributed by atoms with Crippen LogP contribution in [0.2, 0.25) is 10.3 Å². The standard InChI is InChI=1S/C17H13Cl2N3O2/c1-24-16(23)11-4-2-10(3-5-11)9-20-15-13-8-12(18)6-7-14(13)21-17(19)22-15/h2-8H,9H2,1H3,(H,20,21,22). The van der Waals surface area contributed by atoms with Gasteiger partial charge in [-0.2, -0.15) is 0 Å². The van der Waals surface area contributed by atoms with Crippen molar-refractivity contribution in [1.29, 1.82) is 0 Å². The summed E-state index contributed by atoms with van der Waals surface area (Å²) in [5.41, 5.74) is 2.19. The minimum atomic E-state index is -0.363. The van der Waals surface area contributed by atoms with Crippen molar-refractivity contribution in [2.75, 3.05) is 12.4 Å². The molecule has 0 spiro atoms. The molecule has 0 aliphatic carbocycles. The van der Waals surface area contributed by atoms with Gasteiger partial charge >= 0.3 is 5.97 Å². The number of fused-ring (bicyclic) bond motifs is 1. The molecule has 2 aromatic carbocycles. The number of carbonyl (C=O) groups excluding carboxylic acids is 1. The molecule has 0 atom stereocenters. The fraction of sp³-hybridized carbons (Fsp3) is 0.118. The van der Waals surface area contributed by atoms with Crippen LogP contribution < -0.4 is 5.32 Å². The van der Waals surface area contributed by atoms with Gasteiger partial charge in [0.1, 0.15) is 5.82 Å². The first-order chi connectivity index (χ1) is 11.6. The predicted molar refractivity (Wildman–Crippen MR) is 94.7 cm³/mol. The number of hydrogen-bond donors (Lipinski definition) is 1. The van der Waals surface area contributed by atoms with Crippen LogP contribution in [0.4, 0.5) is 5.82 Å². The van der Waals surface area contributed by atoms with Gasteiger partial charge in [0.25, 0.3) is 0 Å². The third-order valence-electron chi connectivity index (χ3n) is 3.47. The second kappa shape index (κ2) is 7.03. The SMILES string of the molecule is COC(=O)c1ccc(CNc2nc(Cl)nc3ccc(Cl)cc23)cc1. The van der Waals surface area contributed by atoms with E-state index >= 15 is 0 Å². The highest BCUT2D eigenvalue weighted by Gasteiger charge is 2.08. The number of hydrogen-bond acceptors (Lipinski definition) is 5. The second-order valence-electron chi connectivity index (χ2n) is 5.04. The van der Waals surface area contributed by atoms with Crippen molar-refractivity contribution >= 4 is 45.9 Å². The minimum absolute atomic E-state index is 0.161. The molecule has 0 saturated carbocycles. The Labute approximate surface area is 148 Å². The predicted octanol–water partition coefficient (Wildman–Crippen LogP) is 4.34. The second-order valence-corrected chi connectivity index (χ2v) is 5.82. The molecule has 0 bridgehead atoms. The largest absolute Gasteiger partial charge is 0.465 e. The first-order valence-electron chi connectivity index (χ1n) is 7.11. The number of rotatable bonds is 4. The average molecular weight is 362 g/mol. The Hall–Kier alpha value is -2.37. The number of ether oxygens (including phenoxy) is 1. The topological polar surface area (TPSA) is 64.1 Å². The molecule has 122 valence electrons. The van der Waals surface area contributed by atoms with E-state index in [1.54, 1.807) is 30.3 Å². The van der Waals surface area contributed by atoms with Crippen LogP contribution in [0.1, 0.15) is 15.9 Å². The Kier molecular flexibility index (Phi) is 4.83. The van der Waals surface area contributed by atoms with Crippen molar-refractivity contribution in [3.05, 3.63) is 63.9 Å². The molecule has 0 amide bonds. The van der Waals surface area contributed by atoms with E-state index in [4.69, 9.17) is 23.2 Å². The number of anilines is 1. The first-order valence-corrected chi connectivity index (χ1v) is 7.86. The van der Waals surface area contributed by atoms with Crippen molar-refractivity contribution in [2.45, 2.75) is 6.54 Å². The zero-order valence-corrected chi connectivity index (χ0v) is 14.2. The molecule has 24 heavy (non-hydrogen) atoms. The number of nitrogens with one attached hydrogen (secondary N) is 1. The van der Waals surface area contributed by atoms with Crippen molar-refractivity contribution in [3.63, 3.8) is 0 Å². The molecule has 0 saturated heterocycles. The fourth-order valence-corrected chi connectivity index (χ4v) is 2.62. The molecule has 0 fully saturated rings. The highest BCUT2D eigenvalue weighted by molar-refractivity contribution is 6.31. The number of carbonyl (C=O) groups is 1. The third-order valence-corrected chi connectivity index (χ3v) is 3.87. The molecule has 1 aromatic heterocycles. The van der Waals surface area contributed by atoms with Crippen LogP contribution >= 0.6 is 23.2 Å². The van der Waals surface area contributed by atoms with Gasteiger partial charge in [-0.15, -0.1) is 0 Å². The highest BCUT2D eigenvalue weighted by Crippen LogP contribution is 2.25. The molecule has 1 heterocycles. The van der Waals surface area contributed by atoms with E-state index in [2.05, 4.69) is 20.0 Å². The third kappa shape index (κ3) is 3.58. The first kappa shape index (κ1) is 16.5. The minimum Gasteiger partial charge on any atom is -0.465 e. The van der Waals surface area contributed by atoms with Crippen molar-refractivity contribution in [3.8, 4) is 0 Å². The molecule has 5 nitrogen and oxygen atoms in total. The maximum absolute atomic E-state index is 11.4. The van der Waals surface area contributed by atoms with Crippen LogP contribution in [0.15, 0.2) is 42.5 Å². The number of aromatic nitrogens is 2. The number of nitrogens with zero attached hydrogens (tertiary/aromatic N) is 2. The number of halogens is 2. The van der Waals surface area contributed by atoms with Gasteiger partial charge in [0.05, 0.1) is 18.2 Å². The zero-order valence-electron chi connectivity index (χ0n) is 12.7. The van der Waals surface area contributed by atoms with E-state index < -0.39 is 0 Å². The van der Waals surface area contributed by atoms with Gasteiger partial charge in [0, 0.05) is 17.0 Å². The van der Waals surface area contributed by atoms with E-state index in [0.717, 1.165) is 10.9 Å². The summed E-state index contributed by atoms with van der Waals surface area (Å²) >= 11 is 12.0. The van der Waals surface area contributed by atoms with Crippen LogP contribution in [0, 0.1) is 0 Å². The Balaban J connectivity index is 1.83. The Morgan fingerprint density at radius 3 is 2.58 bits per heavy atom. The lowest BCUT2D eigenvalue weighted by molar-refractivity contribution is 0.0600. The van der Waals surface area contributed by atoms with Gasteiger partial charge in [0.15, 0.2) is 0 Å². The summed E-state index contributed by atoms with van der Waals surface area (Å²) in [5, 5.41) is 4.77. The Morgan fingerprint density at radius 1 is 1.12 bits per heavy atom. The van der Waals surface area contributed by atoms with Crippen LogP contribution in [-0.2, 0) is 11.3 Å². The van der Waals surface area contributed by atoms with Gasteiger partial charge in [-0.25, -0.2) is 14.8 Å². The molecule has 3 aromatic rings. The summed E-state index contributed by atoms with van der Waals surface area (Å²) in [6.45, 7) is 0.510. The summed E-state index contributed by atoms with van der Waals surface area (Å²) in [6.07, 6.45) is 0. The smallest absolute Gasteiger partial charge is 0.337 e. The molecule has 0 aliphatic heterocycles. The molecule has 1 N–H and O–H groups in total. The van der Waals surface area contributed by atoms with E-state index in [9.17, 15) is 4.79 Å². The van der Waals surface area contributed by atoms with Gasteiger partial charge < -0.3 is 10.1 Å². The molecular weight excluding hydrogens is 349 g/mol. The summed E-state index contributed by atoms with van der Waals surface area (Å²) in [4.78, 5) is 19.8. The van der Waals surface area contributed by atoms with Gasteiger partial charge in [-0.1, -0.05) is 23.7 Å². The van der Waals surface area contributed by atoms with Gasteiger partial charge in [-0.05, 0) is 47.5 Å². The van der Waals surface area contributed by atoms with Crippen molar-refractivity contribution < 1.29 is 9.53 Å². The lowest BCUT2D eigenvalue weighted by Gasteiger charge is -2.10. The lowest BCUT2D eigenvalue weighted by atomic mass is 10.1. The van der Waals surface area contributed by atoms with E-state index in [1.165, 1.54) is 7.11 Å². The lowest BCUT2D eigenvalue weighted by Crippen LogP contribution is -2.05. The summed E-state index contributed by atoms with van der Waals surface area (Å²) < 4.78 is 4.68. The molecule has 0 aliphatic rings. The molecule has 0 radical (unpaired) electrons. The number of benzene rings is 2. The van der Waals surface area contributed by atoms with Crippen LogP contribution in [0.25, 0.3) is 10.9 Å². The summed E-state index contributed by atoms with van der Waals surface area (Å²) in [5.74, 6) is 0.238. The molecule has 0 unspecified atom stereocenters.